The van der Waals surface area contributed by atoms with Crippen molar-refractivity contribution in [3.8, 4) is 0 Å². The molecule has 1 amide bonds. The van der Waals surface area contributed by atoms with Gasteiger partial charge in [-0.15, -0.1) is 11.3 Å². The van der Waals surface area contributed by atoms with Crippen molar-refractivity contribution in [3.63, 3.8) is 0 Å². The monoisotopic (exact) mass is 419 g/mol. The summed E-state index contributed by atoms with van der Waals surface area (Å²) in [7, 11) is -1.43. The molecule has 0 unspecified atom stereocenters. The number of para-hydroxylation sites is 1. The van der Waals surface area contributed by atoms with E-state index >= 15 is 0 Å². The van der Waals surface area contributed by atoms with E-state index in [1.807, 2.05) is 18.4 Å². The number of hydrogen-bond donors (Lipinski definition) is 0. The normalized spacial score (nSPS) is 11.6. The Hall–Kier alpha value is -2.62. The minimum Gasteiger partial charge on any atom is -0.268 e. The first-order valence-corrected chi connectivity index (χ1v) is 10.6. The zero-order chi connectivity index (χ0) is 20.5. The Bertz CT molecular complexity index is 1110. The summed E-state index contributed by atoms with van der Waals surface area (Å²) >= 11 is 1.29. The van der Waals surface area contributed by atoms with Gasteiger partial charge in [-0.05, 0) is 37.3 Å². The van der Waals surface area contributed by atoms with E-state index in [0.717, 1.165) is 22.1 Å². The number of nitrogens with zero attached hydrogens (tertiary/aromatic N) is 3. The van der Waals surface area contributed by atoms with Gasteiger partial charge in [-0.1, -0.05) is 18.2 Å². The van der Waals surface area contributed by atoms with E-state index in [0.29, 0.717) is 10.8 Å². The van der Waals surface area contributed by atoms with E-state index < -0.39 is 26.6 Å². The molecule has 9 heteroatoms. The summed E-state index contributed by atoms with van der Waals surface area (Å²) in [5.41, 5.74) is 1.37. The molecule has 0 N–H and O–H groups in total. The lowest BCUT2D eigenvalue weighted by molar-refractivity contribution is 0.0999. The minimum atomic E-state index is -4.04. The molecule has 6 nitrogen and oxygen atoms in total. The van der Waals surface area contributed by atoms with Gasteiger partial charge < -0.3 is 0 Å². The van der Waals surface area contributed by atoms with Crippen LogP contribution >= 0.6 is 11.3 Å². The third-order valence-corrected chi connectivity index (χ3v) is 6.73. The van der Waals surface area contributed by atoms with Gasteiger partial charge in [-0.3, -0.25) is 9.69 Å². The van der Waals surface area contributed by atoms with Crippen LogP contribution in [0.15, 0.2) is 58.8 Å². The van der Waals surface area contributed by atoms with Gasteiger partial charge in [0.1, 0.15) is 10.7 Å². The fourth-order valence-electron chi connectivity index (χ4n) is 2.50. The molecule has 0 aliphatic carbocycles. The van der Waals surface area contributed by atoms with Crippen LogP contribution in [0.2, 0.25) is 0 Å². The lowest BCUT2D eigenvalue weighted by atomic mass is 10.2. The Balaban J connectivity index is 2.12. The van der Waals surface area contributed by atoms with Crippen LogP contribution in [0.5, 0.6) is 0 Å². The highest BCUT2D eigenvalue weighted by atomic mass is 32.2. The van der Waals surface area contributed by atoms with E-state index in [-0.39, 0.29) is 5.56 Å². The molecular weight excluding hydrogens is 401 g/mol. The van der Waals surface area contributed by atoms with E-state index in [1.165, 1.54) is 36.4 Å². The van der Waals surface area contributed by atoms with Crippen molar-refractivity contribution in [3.05, 3.63) is 71.0 Å². The van der Waals surface area contributed by atoms with Crippen LogP contribution in [0.3, 0.4) is 0 Å². The van der Waals surface area contributed by atoms with Gasteiger partial charge in [-0.25, -0.2) is 22.1 Å². The fourth-order valence-corrected chi connectivity index (χ4v) is 4.30. The first-order valence-electron chi connectivity index (χ1n) is 8.25. The molecule has 0 spiro atoms. The molecule has 2 aromatic carbocycles. The number of sulfonamides is 1. The van der Waals surface area contributed by atoms with Crippen molar-refractivity contribution >= 4 is 38.1 Å². The summed E-state index contributed by atoms with van der Waals surface area (Å²) in [6.45, 7) is 1.81. The van der Waals surface area contributed by atoms with Crippen LogP contribution < -0.4 is 4.90 Å². The largest absolute Gasteiger partial charge is 0.268 e. The number of thiazole rings is 1. The number of hydrogen-bond acceptors (Lipinski definition) is 5. The second kappa shape index (κ2) is 7.78. The Labute approximate surface area is 166 Å². The number of carbonyl (C=O) groups is 1. The Kier molecular flexibility index (Phi) is 5.59. The van der Waals surface area contributed by atoms with E-state index in [2.05, 4.69) is 4.98 Å². The van der Waals surface area contributed by atoms with Crippen LogP contribution in [0.4, 0.5) is 15.2 Å². The highest BCUT2D eigenvalue weighted by Crippen LogP contribution is 2.31. The van der Waals surface area contributed by atoms with Gasteiger partial charge >= 0.3 is 0 Å². The summed E-state index contributed by atoms with van der Waals surface area (Å²) in [5, 5.41) is 2.25. The maximum Gasteiger partial charge on any atom is 0.264 e. The van der Waals surface area contributed by atoms with Gasteiger partial charge in [0, 0.05) is 25.0 Å². The van der Waals surface area contributed by atoms with Gasteiger partial charge in [0.25, 0.3) is 5.91 Å². The third kappa shape index (κ3) is 3.82. The summed E-state index contributed by atoms with van der Waals surface area (Å²) in [4.78, 5) is 18.5. The van der Waals surface area contributed by atoms with Crippen LogP contribution in [0.25, 0.3) is 0 Å². The number of amides is 1. The number of benzene rings is 2. The Morgan fingerprint density at radius 2 is 1.79 bits per heavy atom. The lowest BCUT2D eigenvalue weighted by Gasteiger charge is -2.21. The van der Waals surface area contributed by atoms with Crippen molar-refractivity contribution < 1.29 is 17.6 Å². The van der Waals surface area contributed by atoms with Crippen molar-refractivity contribution in [2.24, 2.45) is 0 Å². The second-order valence-corrected chi connectivity index (χ2v) is 9.14. The van der Waals surface area contributed by atoms with Crippen molar-refractivity contribution in [1.82, 2.24) is 9.29 Å². The van der Waals surface area contributed by atoms with Gasteiger partial charge in [-0.2, -0.15) is 0 Å². The zero-order valence-corrected chi connectivity index (χ0v) is 17.1. The predicted molar refractivity (Wildman–Crippen MR) is 107 cm³/mol. The minimum absolute atomic E-state index is 0.0403. The fraction of sp³-hybridized carbons (Fsp3) is 0.158. The molecule has 0 saturated carbocycles. The number of carbonyl (C=O) groups excluding carboxylic acids is 1. The number of aromatic nitrogens is 1. The molecule has 0 fully saturated rings. The van der Waals surface area contributed by atoms with Crippen molar-refractivity contribution in [2.45, 2.75) is 11.8 Å². The van der Waals surface area contributed by atoms with E-state index in [1.54, 1.807) is 24.3 Å². The Morgan fingerprint density at radius 3 is 2.36 bits per heavy atom. The van der Waals surface area contributed by atoms with Crippen molar-refractivity contribution in [1.29, 1.82) is 0 Å². The summed E-state index contributed by atoms with van der Waals surface area (Å²) in [5.74, 6) is -1.42. The highest BCUT2D eigenvalue weighted by molar-refractivity contribution is 7.89. The highest BCUT2D eigenvalue weighted by Gasteiger charge is 2.27. The van der Waals surface area contributed by atoms with E-state index in [4.69, 9.17) is 0 Å². The first kappa shape index (κ1) is 20.1. The number of halogens is 1. The predicted octanol–water partition coefficient (Wildman–Crippen LogP) is 3.82. The third-order valence-electron chi connectivity index (χ3n) is 3.95. The smallest absolute Gasteiger partial charge is 0.264 e. The maximum absolute atomic E-state index is 14.2. The molecule has 146 valence electrons. The Morgan fingerprint density at radius 1 is 1.11 bits per heavy atom. The zero-order valence-electron chi connectivity index (χ0n) is 15.5. The van der Waals surface area contributed by atoms with Crippen molar-refractivity contribution in [2.75, 3.05) is 19.0 Å². The standard InChI is InChI=1S/C19H18FN3O3S2/c1-13-12-27-19(21-13)23(15-7-5-4-6-8-15)18(24)14-9-10-16(20)17(11-14)28(25,26)22(2)3/h4-12H,1-3H3. The van der Waals surface area contributed by atoms with Crippen LogP contribution in [-0.4, -0.2) is 37.7 Å². The van der Waals surface area contributed by atoms with Crippen LogP contribution in [0.1, 0.15) is 16.1 Å². The first-order chi connectivity index (χ1) is 13.2. The topological polar surface area (TPSA) is 70.6 Å². The lowest BCUT2D eigenvalue weighted by Crippen LogP contribution is -2.27. The average Bonchev–Trinajstić information content (AvgIpc) is 3.08. The second-order valence-electron chi connectivity index (χ2n) is 6.18. The summed E-state index contributed by atoms with van der Waals surface area (Å²) in [6, 6.07) is 12.2. The molecule has 0 bridgehead atoms. The average molecular weight is 420 g/mol. The molecule has 3 rings (SSSR count). The number of aryl methyl sites for hydroxylation is 1. The molecular formula is C19H18FN3O3S2. The molecule has 0 radical (unpaired) electrons. The SMILES string of the molecule is Cc1csc(N(C(=O)c2ccc(F)c(S(=O)(=O)N(C)C)c2)c2ccccc2)n1. The molecule has 3 aromatic rings. The molecule has 0 saturated heterocycles. The maximum atomic E-state index is 14.2. The van der Waals surface area contributed by atoms with Gasteiger partial charge in [0.15, 0.2) is 5.13 Å². The van der Waals surface area contributed by atoms with Gasteiger partial charge in [0.05, 0.1) is 11.4 Å². The van der Waals surface area contributed by atoms with E-state index in [9.17, 15) is 17.6 Å². The number of rotatable bonds is 5. The van der Waals surface area contributed by atoms with Crippen LogP contribution in [0, 0.1) is 12.7 Å². The molecule has 0 aliphatic rings. The summed E-state index contributed by atoms with van der Waals surface area (Å²) < 4.78 is 39.9. The molecule has 1 aromatic heterocycles. The quantitative estimate of drug-likeness (QED) is 0.630. The molecule has 1 heterocycles. The van der Waals surface area contributed by atoms with Crippen LogP contribution in [-0.2, 0) is 10.0 Å². The molecule has 28 heavy (non-hydrogen) atoms. The van der Waals surface area contributed by atoms with Gasteiger partial charge in [0.2, 0.25) is 10.0 Å². The number of anilines is 2. The molecule has 0 aliphatic heterocycles. The molecule has 0 atom stereocenters. The summed E-state index contributed by atoms with van der Waals surface area (Å²) in [6.07, 6.45) is 0.